The van der Waals surface area contributed by atoms with Crippen LogP contribution in [0.3, 0.4) is 0 Å². The van der Waals surface area contributed by atoms with E-state index < -0.39 is 5.97 Å². The fraction of sp³-hybridized carbons (Fsp3) is 0.158. The Morgan fingerprint density at radius 3 is 2.79 bits per heavy atom. The summed E-state index contributed by atoms with van der Waals surface area (Å²) in [5, 5.41) is 11.2. The van der Waals surface area contributed by atoms with Gasteiger partial charge in [-0.15, -0.1) is 11.3 Å². The van der Waals surface area contributed by atoms with Crippen LogP contribution in [0.4, 0.5) is 0 Å². The minimum atomic E-state index is -1.01. The number of hydrogen-bond donors (Lipinski definition) is 1. The number of aromatic nitrogens is 1. The highest BCUT2D eigenvalue weighted by atomic mass is 32.1. The van der Waals surface area contributed by atoms with Crippen molar-refractivity contribution in [2.24, 2.45) is 0 Å². The van der Waals surface area contributed by atoms with Crippen molar-refractivity contribution in [2.75, 3.05) is 0 Å². The van der Waals surface area contributed by atoms with E-state index in [0.29, 0.717) is 11.6 Å². The lowest BCUT2D eigenvalue weighted by Gasteiger charge is -2.10. The van der Waals surface area contributed by atoms with E-state index in [2.05, 4.69) is 11.1 Å². The monoisotopic (exact) mass is 339 g/mol. The summed E-state index contributed by atoms with van der Waals surface area (Å²) in [4.78, 5) is 15.1. The average molecular weight is 339 g/mol. The lowest BCUT2D eigenvalue weighted by molar-refractivity contribution is 0.0691. The minimum Gasteiger partial charge on any atom is -0.489 e. The standard InChI is InChI=1S/C19H17NO3S/c1-12-6-7-13(2)17(8-12)23-10-14-4-3-5-15(9-14)18-20-16(11-24-18)19(21)22/h3-9,11H,10H2,1-2H3,(H,21,22). The third-order valence-corrected chi connectivity index (χ3v) is 4.53. The molecule has 1 aromatic heterocycles. The van der Waals surface area contributed by atoms with Gasteiger partial charge < -0.3 is 9.84 Å². The number of carbonyl (C=O) groups is 1. The van der Waals surface area contributed by atoms with Gasteiger partial charge in [0.25, 0.3) is 0 Å². The van der Waals surface area contributed by atoms with E-state index in [0.717, 1.165) is 28.0 Å². The summed E-state index contributed by atoms with van der Waals surface area (Å²) in [7, 11) is 0. The molecule has 0 fully saturated rings. The molecule has 3 aromatic rings. The molecule has 0 saturated heterocycles. The quantitative estimate of drug-likeness (QED) is 0.732. The van der Waals surface area contributed by atoms with Crippen molar-refractivity contribution in [3.8, 4) is 16.3 Å². The predicted molar refractivity (Wildman–Crippen MR) is 94.8 cm³/mol. The molecule has 0 aliphatic heterocycles. The number of benzene rings is 2. The number of nitrogens with zero attached hydrogens (tertiary/aromatic N) is 1. The van der Waals surface area contributed by atoms with Gasteiger partial charge in [0.2, 0.25) is 0 Å². The lowest BCUT2D eigenvalue weighted by Crippen LogP contribution is -1.98. The van der Waals surface area contributed by atoms with Crippen LogP contribution in [-0.4, -0.2) is 16.1 Å². The van der Waals surface area contributed by atoms with Crippen LogP contribution in [-0.2, 0) is 6.61 Å². The highest BCUT2D eigenvalue weighted by Crippen LogP contribution is 2.26. The Morgan fingerprint density at radius 1 is 1.21 bits per heavy atom. The second-order valence-electron chi connectivity index (χ2n) is 5.60. The van der Waals surface area contributed by atoms with E-state index in [4.69, 9.17) is 9.84 Å². The molecule has 0 aliphatic rings. The number of carboxylic acid groups (broad SMARTS) is 1. The molecule has 24 heavy (non-hydrogen) atoms. The minimum absolute atomic E-state index is 0.0760. The molecule has 0 radical (unpaired) electrons. The van der Waals surface area contributed by atoms with Gasteiger partial charge in [0.05, 0.1) is 0 Å². The van der Waals surface area contributed by atoms with Gasteiger partial charge in [-0.1, -0.05) is 30.3 Å². The zero-order valence-electron chi connectivity index (χ0n) is 13.4. The Kier molecular flexibility index (Phi) is 4.62. The molecule has 4 nitrogen and oxygen atoms in total. The highest BCUT2D eigenvalue weighted by Gasteiger charge is 2.10. The fourth-order valence-corrected chi connectivity index (χ4v) is 3.11. The third kappa shape index (κ3) is 3.63. The normalized spacial score (nSPS) is 10.6. The van der Waals surface area contributed by atoms with Gasteiger partial charge in [0, 0.05) is 10.9 Å². The van der Waals surface area contributed by atoms with Crippen LogP contribution in [0.5, 0.6) is 5.75 Å². The van der Waals surface area contributed by atoms with E-state index in [-0.39, 0.29) is 5.69 Å². The summed E-state index contributed by atoms with van der Waals surface area (Å²) in [6.45, 7) is 4.51. The van der Waals surface area contributed by atoms with Crippen molar-refractivity contribution >= 4 is 17.3 Å². The van der Waals surface area contributed by atoms with Crippen molar-refractivity contribution in [1.82, 2.24) is 4.98 Å². The van der Waals surface area contributed by atoms with E-state index in [1.54, 1.807) is 5.38 Å². The van der Waals surface area contributed by atoms with Crippen molar-refractivity contribution < 1.29 is 14.6 Å². The Labute approximate surface area is 144 Å². The molecule has 0 bridgehead atoms. The summed E-state index contributed by atoms with van der Waals surface area (Å²) in [5.74, 6) is -0.130. The number of ether oxygens (including phenoxy) is 1. The van der Waals surface area contributed by atoms with Crippen molar-refractivity contribution in [3.05, 3.63) is 70.2 Å². The summed E-state index contributed by atoms with van der Waals surface area (Å²) < 4.78 is 5.93. The zero-order chi connectivity index (χ0) is 17.1. The predicted octanol–water partition coefficient (Wildman–Crippen LogP) is 4.70. The number of aryl methyl sites for hydroxylation is 2. The Hall–Kier alpha value is -2.66. The van der Waals surface area contributed by atoms with Crippen molar-refractivity contribution in [2.45, 2.75) is 20.5 Å². The maximum absolute atomic E-state index is 11.0. The molecule has 0 atom stereocenters. The van der Waals surface area contributed by atoms with Crippen LogP contribution in [0.25, 0.3) is 10.6 Å². The smallest absolute Gasteiger partial charge is 0.355 e. The largest absolute Gasteiger partial charge is 0.489 e. The molecule has 0 aliphatic carbocycles. The molecule has 1 heterocycles. The van der Waals surface area contributed by atoms with E-state index in [1.807, 2.05) is 50.2 Å². The summed E-state index contributed by atoms with van der Waals surface area (Å²) >= 11 is 1.33. The van der Waals surface area contributed by atoms with Crippen LogP contribution in [0.15, 0.2) is 47.8 Å². The van der Waals surface area contributed by atoms with E-state index in [9.17, 15) is 4.79 Å². The van der Waals surface area contributed by atoms with Gasteiger partial charge in [-0.05, 0) is 42.7 Å². The highest BCUT2D eigenvalue weighted by molar-refractivity contribution is 7.13. The molecule has 1 N–H and O–H groups in total. The first-order valence-corrected chi connectivity index (χ1v) is 8.39. The van der Waals surface area contributed by atoms with Crippen molar-refractivity contribution in [1.29, 1.82) is 0 Å². The first kappa shape index (κ1) is 16.2. The molecule has 0 spiro atoms. The second-order valence-corrected chi connectivity index (χ2v) is 6.46. The van der Waals surface area contributed by atoms with Crippen LogP contribution >= 0.6 is 11.3 Å². The molecular formula is C19H17NO3S. The zero-order valence-corrected chi connectivity index (χ0v) is 14.3. The van der Waals surface area contributed by atoms with Gasteiger partial charge in [-0.2, -0.15) is 0 Å². The number of hydrogen-bond acceptors (Lipinski definition) is 4. The molecule has 3 rings (SSSR count). The Morgan fingerprint density at radius 2 is 2.04 bits per heavy atom. The van der Waals surface area contributed by atoms with E-state index in [1.165, 1.54) is 11.3 Å². The summed E-state index contributed by atoms with van der Waals surface area (Å²) in [6.07, 6.45) is 0. The van der Waals surface area contributed by atoms with Crippen LogP contribution in [0.1, 0.15) is 27.2 Å². The number of rotatable bonds is 5. The van der Waals surface area contributed by atoms with Crippen LogP contribution in [0, 0.1) is 13.8 Å². The summed E-state index contributed by atoms with van der Waals surface area (Å²) in [6, 6.07) is 14.0. The molecule has 0 amide bonds. The molecule has 0 saturated carbocycles. The van der Waals surface area contributed by atoms with Crippen LogP contribution in [0.2, 0.25) is 0 Å². The third-order valence-electron chi connectivity index (χ3n) is 3.64. The molecule has 122 valence electrons. The SMILES string of the molecule is Cc1ccc(C)c(OCc2cccc(-c3nc(C(=O)O)cs3)c2)c1. The first-order valence-electron chi connectivity index (χ1n) is 7.51. The Bertz CT molecular complexity index is 886. The number of aromatic carboxylic acids is 1. The molecule has 2 aromatic carbocycles. The lowest BCUT2D eigenvalue weighted by atomic mass is 10.1. The van der Waals surface area contributed by atoms with Gasteiger partial charge in [0.1, 0.15) is 17.4 Å². The molecular weight excluding hydrogens is 322 g/mol. The number of carboxylic acids is 1. The van der Waals surface area contributed by atoms with Crippen LogP contribution < -0.4 is 4.74 Å². The maximum atomic E-state index is 11.0. The van der Waals surface area contributed by atoms with Gasteiger partial charge in [0.15, 0.2) is 5.69 Å². The maximum Gasteiger partial charge on any atom is 0.355 e. The molecule has 0 unspecified atom stereocenters. The van der Waals surface area contributed by atoms with Crippen molar-refractivity contribution in [3.63, 3.8) is 0 Å². The van der Waals surface area contributed by atoms with Gasteiger partial charge in [-0.3, -0.25) is 0 Å². The Balaban J connectivity index is 1.77. The fourth-order valence-electron chi connectivity index (χ4n) is 2.32. The topological polar surface area (TPSA) is 59.4 Å². The molecule has 5 heteroatoms. The summed E-state index contributed by atoms with van der Waals surface area (Å²) in [5.41, 5.74) is 4.25. The first-order chi connectivity index (χ1) is 11.5. The second kappa shape index (κ2) is 6.84. The number of thiazole rings is 1. The van der Waals surface area contributed by atoms with Gasteiger partial charge >= 0.3 is 5.97 Å². The van der Waals surface area contributed by atoms with Gasteiger partial charge in [-0.25, -0.2) is 9.78 Å². The average Bonchev–Trinajstić information content (AvgIpc) is 3.06. The van der Waals surface area contributed by atoms with E-state index >= 15 is 0 Å².